The lowest BCUT2D eigenvalue weighted by molar-refractivity contribution is 0.0936. The van der Waals surface area contributed by atoms with Gasteiger partial charge >= 0.3 is 6.09 Å². The van der Waals surface area contributed by atoms with Crippen LogP contribution < -0.4 is 10.6 Å². The maximum Gasteiger partial charge on any atom is 0.404 e. The molecule has 5 nitrogen and oxygen atoms in total. The number of carboxylic acid groups (broad SMARTS) is 1. The summed E-state index contributed by atoms with van der Waals surface area (Å²) in [6, 6.07) is 0.672. The molecule has 2 unspecified atom stereocenters. The molecule has 21 heavy (non-hydrogen) atoms. The van der Waals surface area contributed by atoms with Gasteiger partial charge in [-0.05, 0) is 31.4 Å². The fourth-order valence-electron chi connectivity index (χ4n) is 2.37. The van der Waals surface area contributed by atoms with Gasteiger partial charge in [0.2, 0.25) is 0 Å². The van der Waals surface area contributed by atoms with Gasteiger partial charge in [0.15, 0.2) is 17.5 Å². The minimum absolute atomic E-state index is 0.269. The van der Waals surface area contributed by atoms with Crippen molar-refractivity contribution in [1.29, 1.82) is 0 Å². The number of hydrogen-bond acceptors (Lipinski definition) is 2. The Kier molecular flexibility index (Phi) is 4.35. The molecule has 2 atom stereocenters. The molecule has 1 aromatic rings. The average Bonchev–Trinajstić information content (AvgIpc) is 2.81. The summed E-state index contributed by atoms with van der Waals surface area (Å²) in [5, 5.41) is 13.4. The number of carbonyl (C=O) groups is 2. The van der Waals surface area contributed by atoms with E-state index in [2.05, 4.69) is 10.6 Å². The van der Waals surface area contributed by atoms with Gasteiger partial charge in [-0.25, -0.2) is 18.0 Å². The van der Waals surface area contributed by atoms with Gasteiger partial charge in [-0.2, -0.15) is 0 Å². The van der Waals surface area contributed by atoms with Crippen LogP contribution in [0.25, 0.3) is 0 Å². The molecular formula is C13H13F3N2O3. The van der Waals surface area contributed by atoms with Crippen LogP contribution in [0.5, 0.6) is 0 Å². The molecule has 0 radical (unpaired) electrons. The van der Waals surface area contributed by atoms with Gasteiger partial charge in [-0.3, -0.25) is 4.79 Å². The summed E-state index contributed by atoms with van der Waals surface area (Å²) < 4.78 is 38.9. The van der Waals surface area contributed by atoms with Crippen molar-refractivity contribution >= 4 is 12.0 Å². The number of amides is 2. The van der Waals surface area contributed by atoms with Gasteiger partial charge in [-0.15, -0.1) is 0 Å². The molecule has 0 saturated heterocycles. The van der Waals surface area contributed by atoms with Crippen molar-refractivity contribution in [3.8, 4) is 0 Å². The van der Waals surface area contributed by atoms with Crippen LogP contribution in [0, 0.1) is 17.5 Å². The summed E-state index contributed by atoms with van der Waals surface area (Å²) in [5.41, 5.74) is -0.318. The van der Waals surface area contributed by atoms with Crippen molar-refractivity contribution in [2.45, 2.75) is 31.3 Å². The van der Waals surface area contributed by atoms with E-state index in [0.717, 1.165) is 0 Å². The summed E-state index contributed by atoms with van der Waals surface area (Å²) in [7, 11) is 0. The van der Waals surface area contributed by atoms with E-state index in [1.54, 1.807) is 0 Å². The van der Waals surface area contributed by atoms with Gasteiger partial charge < -0.3 is 15.7 Å². The Hall–Kier alpha value is -2.25. The molecule has 1 aromatic carbocycles. The molecule has 3 N–H and O–H groups in total. The lowest BCUT2D eigenvalue weighted by Crippen LogP contribution is -2.36. The van der Waals surface area contributed by atoms with E-state index >= 15 is 0 Å². The Morgan fingerprint density at radius 1 is 1.05 bits per heavy atom. The second-order valence-electron chi connectivity index (χ2n) is 4.88. The fraction of sp³-hybridized carbons (Fsp3) is 0.385. The number of hydrogen-bond donors (Lipinski definition) is 3. The number of carbonyl (C=O) groups excluding carboxylic acids is 1. The second kappa shape index (κ2) is 6.02. The molecule has 8 heteroatoms. The fourth-order valence-corrected chi connectivity index (χ4v) is 2.37. The van der Waals surface area contributed by atoms with Crippen LogP contribution in [0.1, 0.15) is 29.6 Å². The van der Waals surface area contributed by atoms with Crippen LogP contribution in [0.3, 0.4) is 0 Å². The first-order valence-electron chi connectivity index (χ1n) is 6.31. The summed E-state index contributed by atoms with van der Waals surface area (Å²) in [6.07, 6.45) is 0.353. The molecular weight excluding hydrogens is 289 g/mol. The minimum Gasteiger partial charge on any atom is -0.465 e. The second-order valence-corrected chi connectivity index (χ2v) is 4.88. The van der Waals surface area contributed by atoms with Crippen LogP contribution in [0.4, 0.5) is 18.0 Å². The summed E-state index contributed by atoms with van der Waals surface area (Å²) >= 11 is 0. The van der Waals surface area contributed by atoms with E-state index in [9.17, 15) is 22.8 Å². The third-order valence-electron chi connectivity index (χ3n) is 3.34. The number of nitrogens with one attached hydrogen (secondary N) is 2. The van der Waals surface area contributed by atoms with Crippen LogP contribution in [-0.2, 0) is 0 Å². The quantitative estimate of drug-likeness (QED) is 0.747. The lowest BCUT2D eigenvalue weighted by Gasteiger charge is -2.13. The summed E-state index contributed by atoms with van der Waals surface area (Å²) in [6.45, 7) is 0. The maximum atomic E-state index is 13.0. The SMILES string of the molecule is O=C(O)NC1CCC(NC(=O)c2cc(F)c(F)c(F)c2)C1. The maximum absolute atomic E-state index is 13.0. The normalized spacial score (nSPS) is 21.1. The molecule has 1 saturated carbocycles. The highest BCUT2D eigenvalue weighted by Crippen LogP contribution is 2.20. The van der Waals surface area contributed by atoms with Crippen molar-refractivity contribution in [3.63, 3.8) is 0 Å². The van der Waals surface area contributed by atoms with Crippen molar-refractivity contribution in [3.05, 3.63) is 35.1 Å². The van der Waals surface area contributed by atoms with E-state index in [1.165, 1.54) is 0 Å². The van der Waals surface area contributed by atoms with Gasteiger partial charge in [0.05, 0.1) is 0 Å². The lowest BCUT2D eigenvalue weighted by atomic mass is 10.1. The van der Waals surface area contributed by atoms with E-state index < -0.39 is 29.5 Å². The predicted molar refractivity (Wildman–Crippen MR) is 66.4 cm³/mol. The van der Waals surface area contributed by atoms with Gasteiger partial charge in [0, 0.05) is 17.6 Å². The smallest absolute Gasteiger partial charge is 0.404 e. The van der Waals surface area contributed by atoms with Crippen LogP contribution in [0.2, 0.25) is 0 Å². The number of benzene rings is 1. The molecule has 0 aliphatic heterocycles. The zero-order valence-electron chi connectivity index (χ0n) is 10.8. The molecule has 1 aliphatic carbocycles. The minimum atomic E-state index is -1.63. The summed E-state index contributed by atoms with van der Waals surface area (Å²) in [5.74, 6) is -5.22. The molecule has 0 bridgehead atoms. The molecule has 0 aromatic heterocycles. The third-order valence-corrected chi connectivity index (χ3v) is 3.34. The number of rotatable bonds is 3. The highest BCUT2D eigenvalue weighted by molar-refractivity contribution is 5.94. The van der Waals surface area contributed by atoms with Crippen LogP contribution >= 0.6 is 0 Å². The third kappa shape index (κ3) is 3.65. The topological polar surface area (TPSA) is 78.4 Å². The molecule has 2 amide bonds. The molecule has 0 spiro atoms. The van der Waals surface area contributed by atoms with Crippen LogP contribution in [0.15, 0.2) is 12.1 Å². The van der Waals surface area contributed by atoms with Crippen molar-refractivity contribution < 1.29 is 27.9 Å². The Labute approximate surface area is 118 Å². The van der Waals surface area contributed by atoms with E-state index in [0.29, 0.717) is 31.4 Å². The highest BCUT2D eigenvalue weighted by Gasteiger charge is 2.27. The average molecular weight is 302 g/mol. The van der Waals surface area contributed by atoms with Crippen molar-refractivity contribution in [2.24, 2.45) is 0 Å². The first kappa shape index (κ1) is 15.1. The first-order chi connectivity index (χ1) is 9.86. The summed E-state index contributed by atoms with van der Waals surface area (Å²) in [4.78, 5) is 22.3. The van der Waals surface area contributed by atoms with E-state index in [4.69, 9.17) is 5.11 Å². The van der Waals surface area contributed by atoms with Crippen molar-refractivity contribution in [2.75, 3.05) is 0 Å². The van der Waals surface area contributed by atoms with Crippen molar-refractivity contribution in [1.82, 2.24) is 10.6 Å². The zero-order chi connectivity index (χ0) is 15.6. The molecule has 0 heterocycles. The Balaban J connectivity index is 1.98. The largest absolute Gasteiger partial charge is 0.465 e. The number of halogens is 3. The van der Waals surface area contributed by atoms with Gasteiger partial charge in [-0.1, -0.05) is 0 Å². The monoisotopic (exact) mass is 302 g/mol. The highest BCUT2D eigenvalue weighted by atomic mass is 19.2. The molecule has 114 valence electrons. The Morgan fingerprint density at radius 2 is 1.57 bits per heavy atom. The Morgan fingerprint density at radius 3 is 2.10 bits per heavy atom. The Bertz CT molecular complexity index is 557. The van der Waals surface area contributed by atoms with Crippen LogP contribution in [-0.4, -0.2) is 29.2 Å². The molecule has 2 rings (SSSR count). The molecule has 1 fully saturated rings. The predicted octanol–water partition coefficient (Wildman–Crippen LogP) is 2.02. The first-order valence-corrected chi connectivity index (χ1v) is 6.31. The van der Waals surface area contributed by atoms with Gasteiger partial charge in [0.1, 0.15) is 0 Å². The van der Waals surface area contributed by atoms with E-state index in [-0.39, 0.29) is 17.6 Å². The van der Waals surface area contributed by atoms with Gasteiger partial charge in [0.25, 0.3) is 5.91 Å². The van der Waals surface area contributed by atoms with E-state index in [1.807, 2.05) is 0 Å². The standard InChI is InChI=1S/C13H13F3N2O3/c14-9-3-6(4-10(15)11(9)16)12(19)17-7-1-2-8(5-7)18-13(20)21/h3-4,7-8,18H,1-2,5H2,(H,17,19)(H,20,21). The zero-order valence-corrected chi connectivity index (χ0v) is 10.8. The molecule has 1 aliphatic rings.